The van der Waals surface area contributed by atoms with Crippen LogP contribution in [0, 0.1) is 11.8 Å². The predicted octanol–water partition coefficient (Wildman–Crippen LogP) is 0.995. The molecule has 0 radical (unpaired) electrons. The summed E-state index contributed by atoms with van der Waals surface area (Å²) in [6.07, 6.45) is 2.42. The smallest absolute Gasteiger partial charge is 0.227 e. The Morgan fingerprint density at radius 2 is 2.05 bits per heavy atom. The van der Waals surface area contributed by atoms with Crippen molar-refractivity contribution in [3.8, 4) is 0 Å². The maximum atomic E-state index is 12.7. The van der Waals surface area contributed by atoms with Crippen molar-refractivity contribution in [2.45, 2.75) is 19.3 Å². The van der Waals surface area contributed by atoms with Crippen LogP contribution in [0.5, 0.6) is 0 Å². The summed E-state index contributed by atoms with van der Waals surface area (Å²) in [5.74, 6) is -0.388. The third kappa shape index (κ3) is 2.86. The van der Waals surface area contributed by atoms with E-state index in [9.17, 15) is 9.59 Å². The van der Waals surface area contributed by atoms with E-state index in [1.807, 2.05) is 23.1 Å². The van der Waals surface area contributed by atoms with Crippen molar-refractivity contribution in [1.82, 2.24) is 4.90 Å². The molecule has 0 bridgehead atoms. The van der Waals surface area contributed by atoms with E-state index in [-0.39, 0.29) is 23.7 Å². The molecular formula is C16H21N3O2. The van der Waals surface area contributed by atoms with Crippen LogP contribution in [-0.4, -0.2) is 36.3 Å². The number of amides is 2. The lowest BCUT2D eigenvalue weighted by Gasteiger charge is -2.35. The van der Waals surface area contributed by atoms with Gasteiger partial charge in [-0.15, -0.1) is 0 Å². The van der Waals surface area contributed by atoms with E-state index < -0.39 is 0 Å². The van der Waals surface area contributed by atoms with Crippen LogP contribution >= 0.6 is 0 Å². The molecule has 2 aliphatic rings. The lowest BCUT2D eigenvalue weighted by molar-refractivity contribution is -0.138. The van der Waals surface area contributed by atoms with Crippen LogP contribution in [0.2, 0.25) is 0 Å². The Morgan fingerprint density at radius 1 is 1.24 bits per heavy atom. The standard InChI is InChI=1S/C16H21N3O2/c17-15(20)12-5-3-7-19(10-12)16(21)13-8-11-4-1-2-6-14(11)18-9-13/h1-2,4,6,12-13,18H,3,5,7-10H2,(H2,17,20). The summed E-state index contributed by atoms with van der Waals surface area (Å²) in [4.78, 5) is 25.8. The second-order valence-corrected chi connectivity index (χ2v) is 5.96. The van der Waals surface area contributed by atoms with Crippen molar-refractivity contribution in [3.05, 3.63) is 29.8 Å². The van der Waals surface area contributed by atoms with Gasteiger partial charge in [0.2, 0.25) is 11.8 Å². The Kier molecular flexibility index (Phi) is 3.82. The fraction of sp³-hybridized carbons (Fsp3) is 0.500. The molecule has 2 heterocycles. The molecule has 5 nitrogen and oxygen atoms in total. The zero-order valence-electron chi connectivity index (χ0n) is 12.0. The number of primary amides is 1. The Bertz CT molecular complexity index is 558. The highest BCUT2D eigenvalue weighted by atomic mass is 16.2. The van der Waals surface area contributed by atoms with Crippen molar-refractivity contribution in [2.24, 2.45) is 17.6 Å². The number of hydrogen-bond donors (Lipinski definition) is 2. The second kappa shape index (κ2) is 5.76. The number of carbonyl (C=O) groups is 2. The molecule has 0 aromatic heterocycles. The minimum atomic E-state index is -0.292. The zero-order chi connectivity index (χ0) is 14.8. The Hall–Kier alpha value is -2.04. The average Bonchev–Trinajstić information content (AvgIpc) is 2.53. The average molecular weight is 287 g/mol. The molecule has 1 fully saturated rings. The van der Waals surface area contributed by atoms with Crippen molar-refractivity contribution >= 4 is 17.5 Å². The number of rotatable bonds is 2. The first-order valence-corrected chi connectivity index (χ1v) is 7.55. The van der Waals surface area contributed by atoms with Gasteiger partial charge in [-0.05, 0) is 30.9 Å². The lowest BCUT2D eigenvalue weighted by atomic mass is 9.91. The number of likely N-dealkylation sites (tertiary alicyclic amines) is 1. The Morgan fingerprint density at radius 3 is 2.86 bits per heavy atom. The molecule has 3 rings (SSSR count). The SMILES string of the molecule is NC(=O)C1CCCN(C(=O)C2CNc3ccccc3C2)C1. The summed E-state index contributed by atoms with van der Waals surface area (Å²) in [6, 6.07) is 8.09. The number of benzene rings is 1. The minimum absolute atomic E-state index is 0.0495. The molecule has 1 aromatic carbocycles. The molecule has 2 atom stereocenters. The van der Waals surface area contributed by atoms with E-state index in [0.29, 0.717) is 13.1 Å². The number of carbonyl (C=O) groups excluding carboxylic acids is 2. The summed E-state index contributed by atoms with van der Waals surface area (Å²) < 4.78 is 0. The monoisotopic (exact) mass is 287 g/mol. The van der Waals surface area contributed by atoms with Gasteiger partial charge in [0.25, 0.3) is 0 Å². The number of fused-ring (bicyclic) bond motifs is 1. The first kappa shape index (κ1) is 13.9. The van der Waals surface area contributed by atoms with Crippen molar-refractivity contribution < 1.29 is 9.59 Å². The van der Waals surface area contributed by atoms with E-state index in [1.165, 1.54) is 5.56 Å². The van der Waals surface area contributed by atoms with Gasteiger partial charge in [-0.3, -0.25) is 9.59 Å². The number of nitrogens with zero attached hydrogens (tertiary/aromatic N) is 1. The van der Waals surface area contributed by atoms with Crippen LogP contribution in [0.25, 0.3) is 0 Å². The Balaban J connectivity index is 1.67. The fourth-order valence-corrected chi connectivity index (χ4v) is 3.28. The number of nitrogens with two attached hydrogens (primary N) is 1. The highest BCUT2D eigenvalue weighted by Gasteiger charge is 2.32. The third-order valence-corrected chi connectivity index (χ3v) is 4.51. The molecule has 2 aliphatic heterocycles. The zero-order valence-corrected chi connectivity index (χ0v) is 12.0. The molecule has 0 aliphatic carbocycles. The van der Waals surface area contributed by atoms with Gasteiger partial charge in [0, 0.05) is 25.3 Å². The van der Waals surface area contributed by atoms with E-state index in [4.69, 9.17) is 5.73 Å². The number of nitrogens with one attached hydrogen (secondary N) is 1. The number of anilines is 1. The van der Waals surface area contributed by atoms with Crippen LogP contribution in [0.1, 0.15) is 18.4 Å². The maximum absolute atomic E-state index is 12.7. The van der Waals surface area contributed by atoms with Gasteiger partial charge in [0.05, 0.1) is 11.8 Å². The predicted molar refractivity (Wildman–Crippen MR) is 80.6 cm³/mol. The summed E-state index contributed by atoms with van der Waals surface area (Å²) in [5.41, 5.74) is 7.69. The molecule has 112 valence electrons. The first-order chi connectivity index (χ1) is 10.1. The van der Waals surface area contributed by atoms with Crippen LogP contribution in [0.3, 0.4) is 0 Å². The first-order valence-electron chi connectivity index (χ1n) is 7.55. The largest absolute Gasteiger partial charge is 0.384 e. The highest BCUT2D eigenvalue weighted by Crippen LogP contribution is 2.26. The van der Waals surface area contributed by atoms with E-state index in [1.54, 1.807) is 0 Å². The van der Waals surface area contributed by atoms with Gasteiger partial charge in [0.1, 0.15) is 0 Å². The minimum Gasteiger partial charge on any atom is -0.384 e. The van der Waals surface area contributed by atoms with Crippen LogP contribution in [0.15, 0.2) is 24.3 Å². The van der Waals surface area contributed by atoms with Gasteiger partial charge in [-0.1, -0.05) is 18.2 Å². The lowest BCUT2D eigenvalue weighted by Crippen LogP contribution is -2.48. The van der Waals surface area contributed by atoms with Gasteiger partial charge in [-0.2, -0.15) is 0 Å². The molecular weight excluding hydrogens is 266 g/mol. The van der Waals surface area contributed by atoms with Gasteiger partial charge < -0.3 is 16.0 Å². The third-order valence-electron chi connectivity index (χ3n) is 4.51. The van der Waals surface area contributed by atoms with E-state index in [0.717, 1.165) is 31.5 Å². The van der Waals surface area contributed by atoms with E-state index >= 15 is 0 Å². The van der Waals surface area contributed by atoms with Crippen LogP contribution in [0.4, 0.5) is 5.69 Å². The van der Waals surface area contributed by atoms with Crippen molar-refractivity contribution in [3.63, 3.8) is 0 Å². The highest BCUT2D eigenvalue weighted by molar-refractivity contribution is 5.83. The number of para-hydroxylation sites is 1. The molecule has 5 heteroatoms. The molecule has 2 unspecified atom stereocenters. The number of hydrogen-bond acceptors (Lipinski definition) is 3. The van der Waals surface area contributed by atoms with Crippen LogP contribution in [-0.2, 0) is 16.0 Å². The molecule has 3 N–H and O–H groups in total. The van der Waals surface area contributed by atoms with Gasteiger partial charge >= 0.3 is 0 Å². The summed E-state index contributed by atoms with van der Waals surface area (Å²) >= 11 is 0. The molecule has 0 spiro atoms. The van der Waals surface area contributed by atoms with Gasteiger partial charge in [0.15, 0.2) is 0 Å². The summed E-state index contributed by atoms with van der Waals surface area (Å²) in [7, 11) is 0. The second-order valence-electron chi connectivity index (χ2n) is 5.96. The fourth-order valence-electron chi connectivity index (χ4n) is 3.28. The topological polar surface area (TPSA) is 75.4 Å². The molecule has 1 aromatic rings. The van der Waals surface area contributed by atoms with Crippen LogP contribution < -0.4 is 11.1 Å². The van der Waals surface area contributed by atoms with Gasteiger partial charge in [-0.25, -0.2) is 0 Å². The molecule has 21 heavy (non-hydrogen) atoms. The quantitative estimate of drug-likeness (QED) is 0.852. The molecule has 0 saturated carbocycles. The Labute approximate surface area is 124 Å². The summed E-state index contributed by atoms with van der Waals surface area (Å²) in [6.45, 7) is 1.88. The van der Waals surface area contributed by atoms with E-state index in [2.05, 4.69) is 11.4 Å². The molecule has 2 amide bonds. The molecule has 1 saturated heterocycles. The van der Waals surface area contributed by atoms with Crippen molar-refractivity contribution in [1.29, 1.82) is 0 Å². The summed E-state index contributed by atoms with van der Waals surface area (Å²) in [5, 5.41) is 3.33. The number of piperidine rings is 1. The normalized spacial score (nSPS) is 24.9. The maximum Gasteiger partial charge on any atom is 0.227 e. The van der Waals surface area contributed by atoms with Crippen molar-refractivity contribution in [2.75, 3.05) is 25.0 Å².